The van der Waals surface area contributed by atoms with Crippen LogP contribution in [0.25, 0.3) is 0 Å². The zero-order valence-electron chi connectivity index (χ0n) is 8.91. The first-order valence-corrected chi connectivity index (χ1v) is 5.37. The van der Waals surface area contributed by atoms with E-state index in [1.165, 1.54) is 18.9 Å². The van der Waals surface area contributed by atoms with Gasteiger partial charge in [0.25, 0.3) is 0 Å². The molecule has 0 aromatic heterocycles. The summed E-state index contributed by atoms with van der Waals surface area (Å²) >= 11 is 0. The molecule has 0 amide bonds. The van der Waals surface area contributed by atoms with E-state index in [0.29, 0.717) is 6.04 Å². The Balaban J connectivity index is 2.10. The van der Waals surface area contributed by atoms with E-state index in [0.717, 1.165) is 24.7 Å². The van der Waals surface area contributed by atoms with Crippen LogP contribution < -0.4 is 0 Å². The Kier molecular flexibility index (Phi) is 2.91. The maximum atomic E-state index is 13.0. The first kappa shape index (κ1) is 10.4. The first-order chi connectivity index (χ1) is 7.15. The third kappa shape index (κ3) is 2.48. The summed E-state index contributed by atoms with van der Waals surface area (Å²) in [7, 11) is 0. The van der Waals surface area contributed by atoms with Crippen LogP contribution in [-0.2, 0) is 6.54 Å². The van der Waals surface area contributed by atoms with Crippen LogP contribution in [0.4, 0.5) is 4.39 Å². The average molecular weight is 209 g/mol. The van der Waals surface area contributed by atoms with Gasteiger partial charge in [-0.1, -0.05) is 0 Å². The standard InChI is InChI=1S/C12H16FNO/c1-9-3-2-4-14(9)8-10-5-11(13)7-12(15)6-10/h5-7,9,15H,2-4,8H2,1H3. The summed E-state index contributed by atoms with van der Waals surface area (Å²) in [6.45, 7) is 3.98. The van der Waals surface area contributed by atoms with Gasteiger partial charge in [0.05, 0.1) is 0 Å². The van der Waals surface area contributed by atoms with Crippen molar-refractivity contribution in [3.8, 4) is 5.75 Å². The van der Waals surface area contributed by atoms with Crippen LogP contribution in [0.15, 0.2) is 18.2 Å². The molecule has 2 nitrogen and oxygen atoms in total. The van der Waals surface area contributed by atoms with Crippen molar-refractivity contribution in [2.24, 2.45) is 0 Å². The zero-order valence-corrected chi connectivity index (χ0v) is 8.91. The second kappa shape index (κ2) is 4.19. The predicted molar refractivity (Wildman–Crippen MR) is 57.2 cm³/mol. The molecule has 1 aromatic carbocycles. The van der Waals surface area contributed by atoms with E-state index in [-0.39, 0.29) is 11.6 Å². The van der Waals surface area contributed by atoms with Crippen molar-refractivity contribution >= 4 is 0 Å². The molecule has 0 radical (unpaired) electrons. The summed E-state index contributed by atoms with van der Waals surface area (Å²) in [5.41, 5.74) is 0.848. The highest BCUT2D eigenvalue weighted by molar-refractivity contribution is 5.28. The number of phenolic OH excluding ortho intramolecular Hbond substituents is 1. The number of nitrogens with zero attached hydrogens (tertiary/aromatic N) is 1. The van der Waals surface area contributed by atoms with Crippen LogP contribution in [0, 0.1) is 5.82 Å². The van der Waals surface area contributed by atoms with Gasteiger partial charge in [0, 0.05) is 18.7 Å². The van der Waals surface area contributed by atoms with Gasteiger partial charge in [-0.15, -0.1) is 0 Å². The van der Waals surface area contributed by atoms with Crippen LogP contribution in [0.5, 0.6) is 5.75 Å². The quantitative estimate of drug-likeness (QED) is 0.809. The molecule has 1 heterocycles. The summed E-state index contributed by atoms with van der Waals surface area (Å²) in [6.07, 6.45) is 2.42. The number of benzene rings is 1. The van der Waals surface area contributed by atoms with Crippen molar-refractivity contribution in [2.75, 3.05) is 6.54 Å². The molecular weight excluding hydrogens is 193 g/mol. The van der Waals surface area contributed by atoms with Crippen molar-refractivity contribution in [3.63, 3.8) is 0 Å². The molecule has 1 fully saturated rings. The Morgan fingerprint density at radius 1 is 1.47 bits per heavy atom. The Labute approximate surface area is 89.3 Å². The fourth-order valence-electron chi connectivity index (χ4n) is 2.19. The molecule has 82 valence electrons. The molecule has 0 spiro atoms. The Hall–Kier alpha value is -1.09. The fourth-order valence-corrected chi connectivity index (χ4v) is 2.19. The minimum Gasteiger partial charge on any atom is -0.508 e. The molecule has 15 heavy (non-hydrogen) atoms. The van der Waals surface area contributed by atoms with Crippen LogP contribution >= 0.6 is 0 Å². The maximum Gasteiger partial charge on any atom is 0.127 e. The second-order valence-electron chi connectivity index (χ2n) is 4.28. The lowest BCUT2D eigenvalue weighted by Crippen LogP contribution is -2.26. The van der Waals surface area contributed by atoms with Crippen LogP contribution in [0.2, 0.25) is 0 Å². The molecule has 1 aliphatic rings. The van der Waals surface area contributed by atoms with E-state index < -0.39 is 0 Å². The molecule has 1 atom stereocenters. The minimum absolute atomic E-state index is 0.0110. The maximum absolute atomic E-state index is 13.0. The number of halogens is 1. The van der Waals surface area contributed by atoms with Gasteiger partial charge >= 0.3 is 0 Å². The van der Waals surface area contributed by atoms with Gasteiger partial charge in [0.1, 0.15) is 11.6 Å². The summed E-state index contributed by atoms with van der Waals surface area (Å²) in [4.78, 5) is 2.31. The first-order valence-electron chi connectivity index (χ1n) is 5.37. The monoisotopic (exact) mass is 209 g/mol. The van der Waals surface area contributed by atoms with Crippen LogP contribution in [-0.4, -0.2) is 22.6 Å². The summed E-state index contributed by atoms with van der Waals surface area (Å²) in [5.74, 6) is -0.353. The van der Waals surface area contributed by atoms with Crippen molar-refractivity contribution in [1.29, 1.82) is 0 Å². The highest BCUT2D eigenvalue weighted by Gasteiger charge is 2.20. The minimum atomic E-state index is -0.364. The molecule has 1 saturated heterocycles. The fraction of sp³-hybridized carbons (Fsp3) is 0.500. The number of hydrogen-bond acceptors (Lipinski definition) is 2. The van der Waals surface area contributed by atoms with Crippen molar-refractivity contribution in [3.05, 3.63) is 29.6 Å². The normalized spacial score (nSPS) is 22.1. The second-order valence-corrected chi connectivity index (χ2v) is 4.28. The molecule has 0 bridgehead atoms. The Bertz CT molecular complexity index is 333. The highest BCUT2D eigenvalue weighted by atomic mass is 19.1. The smallest absolute Gasteiger partial charge is 0.127 e. The molecule has 3 heteroatoms. The largest absolute Gasteiger partial charge is 0.508 e. The number of phenols is 1. The Morgan fingerprint density at radius 3 is 2.87 bits per heavy atom. The van der Waals surface area contributed by atoms with E-state index in [9.17, 15) is 9.50 Å². The van der Waals surface area contributed by atoms with Crippen LogP contribution in [0.1, 0.15) is 25.3 Å². The number of hydrogen-bond donors (Lipinski definition) is 1. The molecule has 1 N–H and O–H groups in total. The molecule has 1 aliphatic heterocycles. The zero-order chi connectivity index (χ0) is 10.8. The van der Waals surface area contributed by atoms with E-state index in [2.05, 4.69) is 11.8 Å². The average Bonchev–Trinajstić information content (AvgIpc) is 2.50. The van der Waals surface area contributed by atoms with E-state index >= 15 is 0 Å². The van der Waals surface area contributed by atoms with Crippen molar-refractivity contribution in [1.82, 2.24) is 4.90 Å². The molecule has 1 unspecified atom stereocenters. The lowest BCUT2D eigenvalue weighted by Gasteiger charge is -2.20. The third-order valence-electron chi connectivity index (χ3n) is 3.02. The predicted octanol–water partition coefficient (Wildman–Crippen LogP) is 2.52. The topological polar surface area (TPSA) is 23.5 Å². The van der Waals surface area contributed by atoms with E-state index in [1.807, 2.05) is 0 Å². The van der Waals surface area contributed by atoms with Gasteiger partial charge in [0.15, 0.2) is 0 Å². The van der Waals surface area contributed by atoms with Crippen molar-refractivity contribution in [2.45, 2.75) is 32.4 Å². The van der Waals surface area contributed by atoms with Gasteiger partial charge in [-0.3, -0.25) is 4.90 Å². The van der Waals surface area contributed by atoms with Gasteiger partial charge in [-0.2, -0.15) is 0 Å². The SMILES string of the molecule is CC1CCCN1Cc1cc(O)cc(F)c1. The van der Waals surface area contributed by atoms with E-state index in [4.69, 9.17) is 0 Å². The number of likely N-dealkylation sites (tertiary alicyclic amines) is 1. The summed E-state index contributed by atoms with van der Waals surface area (Å²) in [6, 6.07) is 4.82. The van der Waals surface area contributed by atoms with Crippen LogP contribution in [0.3, 0.4) is 0 Å². The molecule has 2 rings (SSSR count). The summed E-state index contributed by atoms with van der Waals surface area (Å²) < 4.78 is 13.0. The van der Waals surface area contributed by atoms with Gasteiger partial charge < -0.3 is 5.11 Å². The Morgan fingerprint density at radius 2 is 2.27 bits per heavy atom. The molecule has 0 aliphatic carbocycles. The van der Waals surface area contributed by atoms with Gasteiger partial charge in [-0.25, -0.2) is 4.39 Å². The highest BCUT2D eigenvalue weighted by Crippen LogP contribution is 2.21. The lowest BCUT2D eigenvalue weighted by atomic mass is 10.2. The van der Waals surface area contributed by atoms with Gasteiger partial charge in [-0.05, 0) is 44.0 Å². The van der Waals surface area contributed by atoms with E-state index in [1.54, 1.807) is 6.07 Å². The number of aromatic hydroxyl groups is 1. The number of rotatable bonds is 2. The molecular formula is C12H16FNO. The van der Waals surface area contributed by atoms with Gasteiger partial charge in [0.2, 0.25) is 0 Å². The lowest BCUT2D eigenvalue weighted by molar-refractivity contribution is 0.259. The third-order valence-corrected chi connectivity index (χ3v) is 3.02. The molecule has 0 saturated carbocycles. The van der Waals surface area contributed by atoms with Crippen molar-refractivity contribution < 1.29 is 9.50 Å². The summed E-state index contributed by atoms with van der Waals surface area (Å²) in [5, 5.41) is 9.28. The molecule has 1 aromatic rings.